The van der Waals surface area contributed by atoms with E-state index in [4.69, 9.17) is 9.84 Å². The molecular formula is C14H18F3NO4. The molecule has 22 heavy (non-hydrogen) atoms. The first-order valence-electron chi connectivity index (χ1n) is 6.82. The van der Waals surface area contributed by atoms with Crippen molar-refractivity contribution in [3.05, 3.63) is 35.4 Å². The number of nitrogens with one attached hydrogen (secondary N) is 1. The average Bonchev–Trinajstić information content (AvgIpc) is 2.74. The summed E-state index contributed by atoms with van der Waals surface area (Å²) in [5, 5.41) is 31.1. The highest BCUT2D eigenvalue weighted by atomic mass is 19.4. The van der Waals surface area contributed by atoms with Gasteiger partial charge in [0, 0.05) is 13.1 Å². The molecule has 0 radical (unpaired) electrons. The van der Waals surface area contributed by atoms with Crippen LogP contribution in [0.2, 0.25) is 0 Å². The van der Waals surface area contributed by atoms with Gasteiger partial charge in [0.05, 0.1) is 18.3 Å². The Morgan fingerprint density at radius 2 is 1.82 bits per heavy atom. The van der Waals surface area contributed by atoms with Gasteiger partial charge >= 0.3 is 6.18 Å². The maximum atomic E-state index is 12.6. The topological polar surface area (TPSA) is 82.0 Å². The van der Waals surface area contributed by atoms with Gasteiger partial charge < -0.3 is 25.4 Å². The fourth-order valence-electron chi connectivity index (χ4n) is 2.36. The van der Waals surface area contributed by atoms with Crippen LogP contribution in [-0.2, 0) is 17.5 Å². The molecule has 0 bridgehead atoms. The van der Waals surface area contributed by atoms with Crippen LogP contribution < -0.4 is 5.32 Å². The highest BCUT2D eigenvalue weighted by Crippen LogP contribution is 2.29. The normalized spacial score (nSPS) is 29.0. The summed E-state index contributed by atoms with van der Waals surface area (Å²) in [6.07, 6.45) is -8.29. The Bertz CT molecular complexity index is 497. The lowest BCUT2D eigenvalue weighted by atomic mass is 10.1. The van der Waals surface area contributed by atoms with Crippen LogP contribution >= 0.6 is 0 Å². The molecule has 0 spiro atoms. The van der Waals surface area contributed by atoms with Crippen molar-refractivity contribution in [2.75, 3.05) is 13.2 Å². The third-order valence-corrected chi connectivity index (χ3v) is 3.57. The average molecular weight is 321 g/mol. The van der Waals surface area contributed by atoms with Crippen LogP contribution in [0.3, 0.4) is 0 Å². The van der Waals surface area contributed by atoms with Crippen molar-refractivity contribution in [2.45, 2.75) is 37.1 Å². The number of alkyl halides is 3. The molecule has 1 heterocycles. The number of hydrogen-bond acceptors (Lipinski definition) is 5. The van der Waals surface area contributed by atoms with E-state index in [0.717, 1.165) is 12.1 Å². The molecule has 1 aromatic carbocycles. The molecule has 0 aromatic heterocycles. The summed E-state index contributed by atoms with van der Waals surface area (Å²) in [6, 6.07) is 4.92. The van der Waals surface area contributed by atoms with E-state index in [1.807, 2.05) is 0 Å². The number of rotatable bonds is 5. The minimum atomic E-state index is -4.39. The van der Waals surface area contributed by atoms with Crippen LogP contribution in [0.15, 0.2) is 24.3 Å². The highest BCUT2D eigenvalue weighted by Gasteiger charge is 2.41. The first-order valence-corrected chi connectivity index (χ1v) is 6.82. The predicted octanol–water partition coefficient (Wildman–Crippen LogP) is 0.276. The zero-order valence-electron chi connectivity index (χ0n) is 11.6. The molecule has 4 N–H and O–H groups in total. The molecule has 4 atom stereocenters. The summed E-state index contributed by atoms with van der Waals surface area (Å²) in [5.74, 6) is 0. The van der Waals surface area contributed by atoms with Crippen LogP contribution in [0.5, 0.6) is 0 Å². The van der Waals surface area contributed by atoms with Crippen molar-refractivity contribution >= 4 is 0 Å². The minimum absolute atomic E-state index is 0.144. The van der Waals surface area contributed by atoms with Crippen molar-refractivity contribution in [1.29, 1.82) is 0 Å². The molecule has 5 nitrogen and oxygen atoms in total. The van der Waals surface area contributed by atoms with Gasteiger partial charge in [0.25, 0.3) is 0 Å². The maximum Gasteiger partial charge on any atom is 0.416 e. The highest BCUT2D eigenvalue weighted by molar-refractivity contribution is 5.25. The number of halogens is 3. The van der Waals surface area contributed by atoms with E-state index in [1.165, 1.54) is 6.07 Å². The number of benzene rings is 1. The monoisotopic (exact) mass is 321 g/mol. The van der Waals surface area contributed by atoms with Crippen LogP contribution in [-0.4, -0.2) is 52.9 Å². The van der Waals surface area contributed by atoms with Crippen molar-refractivity contribution in [3.63, 3.8) is 0 Å². The van der Waals surface area contributed by atoms with Gasteiger partial charge in [-0.25, -0.2) is 0 Å². The fourth-order valence-corrected chi connectivity index (χ4v) is 2.36. The van der Waals surface area contributed by atoms with Gasteiger partial charge in [-0.05, 0) is 11.6 Å². The van der Waals surface area contributed by atoms with E-state index in [1.54, 1.807) is 6.07 Å². The molecular weight excluding hydrogens is 303 g/mol. The Hall–Kier alpha value is -1.19. The summed E-state index contributed by atoms with van der Waals surface area (Å²) in [7, 11) is 0. The van der Waals surface area contributed by atoms with Gasteiger partial charge in [0.1, 0.15) is 18.3 Å². The van der Waals surface area contributed by atoms with Crippen molar-refractivity contribution < 1.29 is 33.2 Å². The lowest BCUT2D eigenvalue weighted by molar-refractivity contribution is -0.137. The Morgan fingerprint density at radius 3 is 2.41 bits per heavy atom. The minimum Gasteiger partial charge on any atom is -0.394 e. The third-order valence-electron chi connectivity index (χ3n) is 3.57. The van der Waals surface area contributed by atoms with Gasteiger partial charge in [0.15, 0.2) is 0 Å². The zero-order valence-corrected chi connectivity index (χ0v) is 11.6. The van der Waals surface area contributed by atoms with Crippen molar-refractivity contribution in [3.8, 4) is 0 Å². The van der Waals surface area contributed by atoms with E-state index in [0.29, 0.717) is 5.56 Å². The van der Waals surface area contributed by atoms with Gasteiger partial charge in [-0.1, -0.05) is 18.2 Å². The van der Waals surface area contributed by atoms with Gasteiger partial charge in [-0.15, -0.1) is 0 Å². The largest absolute Gasteiger partial charge is 0.416 e. The lowest BCUT2D eigenvalue weighted by Gasteiger charge is -2.16. The standard InChI is InChI=1S/C14H18F3NO4/c15-14(16,17)9-3-1-2-8(4-9)5-18-6-10-12(20)13(21)11(7-19)22-10/h1-4,10-13,18-21H,5-7H2/t10-,11-,12-,13-/m1/s1. The van der Waals surface area contributed by atoms with E-state index in [-0.39, 0.29) is 13.1 Å². The smallest absolute Gasteiger partial charge is 0.394 e. The third kappa shape index (κ3) is 3.96. The Morgan fingerprint density at radius 1 is 1.14 bits per heavy atom. The Kier molecular flexibility index (Phi) is 5.41. The second-order valence-corrected chi connectivity index (χ2v) is 5.21. The Labute approximate surface area is 125 Å². The number of hydrogen-bond donors (Lipinski definition) is 4. The molecule has 1 fully saturated rings. The second-order valence-electron chi connectivity index (χ2n) is 5.21. The van der Waals surface area contributed by atoms with Crippen LogP contribution in [0, 0.1) is 0 Å². The molecule has 8 heteroatoms. The molecule has 124 valence electrons. The molecule has 1 aliphatic rings. The number of ether oxygens (including phenoxy) is 1. The SMILES string of the molecule is OC[C@H]1O[C@H](CNCc2cccc(C(F)(F)F)c2)[C@@H](O)[C@@H]1O. The first kappa shape index (κ1) is 17.2. The summed E-state index contributed by atoms with van der Waals surface area (Å²) in [4.78, 5) is 0. The molecule has 0 unspecified atom stereocenters. The quantitative estimate of drug-likeness (QED) is 0.626. The maximum absolute atomic E-state index is 12.6. The molecule has 2 rings (SSSR count). The van der Waals surface area contributed by atoms with Gasteiger partial charge in [-0.2, -0.15) is 13.2 Å². The second kappa shape index (κ2) is 6.93. The lowest BCUT2D eigenvalue weighted by Crippen LogP contribution is -2.38. The fraction of sp³-hybridized carbons (Fsp3) is 0.571. The van der Waals surface area contributed by atoms with Crippen molar-refractivity contribution in [2.24, 2.45) is 0 Å². The van der Waals surface area contributed by atoms with E-state index >= 15 is 0 Å². The zero-order chi connectivity index (χ0) is 16.3. The van der Waals surface area contributed by atoms with Crippen LogP contribution in [0.25, 0.3) is 0 Å². The summed E-state index contributed by atoms with van der Waals surface area (Å²) in [5.41, 5.74) is -0.277. The molecule has 1 aliphatic heterocycles. The van der Waals surface area contributed by atoms with Crippen LogP contribution in [0.4, 0.5) is 13.2 Å². The van der Waals surface area contributed by atoms with Gasteiger partial charge in [-0.3, -0.25) is 0 Å². The van der Waals surface area contributed by atoms with Gasteiger partial charge in [0.2, 0.25) is 0 Å². The molecule has 0 saturated carbocycles. The number of aliphatic hydroxyl groups is 3. The summed E-state index contributed by atoms with van der Waals surface area (Å²) >= 11 is 0. The summed E-state index contributed by atoms with van der Waals surface area (Å²) < 4.78 is 43.0. The summed E-state index contributed by atoms with van der Waals surface area (Å²) in [6.45, 7) is -0.107. The first-order chi connectivity index (χ1) is 10.3. The molecule has 0 aliphatic carbocycles. The van der Waals surface area contributed by atoms with Crippen molar-refractivity contribution in [1.82, 2.24) is 5.32 Å². The molecule has 0 amide bonds. The molecule has 1 aromatic rings. The molecule has 1 saturated heterocycles. The van der Waals surface area contributed by atoms with E-state index < -0.39 is 42.8 Å². The van der Waals surface area contributed by atoms with E-state index in [9.17, 15) is 23.4 Å². The number of aliphatic hydroxyl groups excluding tert-OH is 3. The predicted molar refractivity (Wildman–Crippen MR) is 70.9 cm³/mol. The Balaban J connectivity index is 1.87. The van der Waals surface area contributed by atoms with E-state index in [2.05, 4.69) is 5.32 Å². The van der Waals surface area contributed by atoms with Crippen LogP contribution in [0.1, 0.15) is 11.1 Å².